The summed E-state index contributed by atoms with van der Waals surface area (Å²) in [4.78, 5) is 42.0. The topological polar surface area (TPSA) is 203 Å². The van der Waals surface area contributed by atoms with Crippen LogP contribution in [0.2, 0.25) is 0 Å². The summed E-state index contributed by atoms with van der Waals surface area (Å²) in [7, 11) is 2.83. The molecule has 2 aromatic carbocycles. The Bertz CT molecular complexity index is 1150. The van der Waals surface area contributed by atoms with E-state index in [-0.39, 0.29) is 24.6 Å². The summed E-state index contributed by atoms with van der Waals surface area (Å²) in [5.41, 5.74) is 0.848. The largest absolute Gasteiger partial charge is 0.394 e. The van der Waals surface area contributed by atoms with Gasteiger partial charge >= 0.3 is 0 Å². The predicted octanol–water partition coefficient (Wildman–Crippen LogP) is 2.95. The van der Waals surface area contributed by atoms with E-state index in [1.165, 1.54) is 69.7 Å². The van der Waals surface area contributed by atoms with Crippen LogP contribution in [0.15, 0.2) is 48.5 Å². The third-order valence-electron chi connectivity index (χ3n) is 5.64. The number of nitro benzene ring substituents is 2. The van der Waals surface area contributed by atoms with Crippen LogP contribution in [0.3, 0.4) is 0 Å². The van der Waals surface area contributed by atoms with Gasteiger partial charge in [-0.2, -0.15) is 0 Å². The van der Waals surface area contributed by atoms with Crippen LogP contribution in [0.1, 0.15) is 30.3 Å². The highest BCUT2D eigenvalue weighted by Crippen LogP contribution is 2.24. The van der Waals surface area contributed by atoms with Crippen LogP contribution in [0.5, 0.6) is 0 Å². The number of hydrogen-bond acceptors (Lipinski definition) is 10. The fraction of sp³-hybridized carbons (Fsp3) is 0.440. The van der Waals surface area contributed by atoms with Gasteiger partial charge in [0.25, 0.3) is 17.3 Å². The van der Waals surface area contributed by atoms with Crippen LogP contribution in [-0.2, 0) is 19.1 Å². The standard InChI is InChI=1S/C13H17ClN2O5.C12H14Cl2N2O5/c1-8(14)13(18)15-11(7-17)12(21-2)9-3-5-10(6-4-9)16(19)20;1-21-6-9(15-12(18)11(13)14)10(17)7-2-4-8(5-3-7)16(19)20/h3-6,8,11-12,17H,7H2,1-2H3,(H,15,18);2-5,9-11,17H,6H2,1H3,(H,15,18). The summed E-state index contributed by atoms with van der Waals surface area (Å²) < 4.78 is 10.2. The molecule has 2 rings (SSSR count). The SMILES string of the molecule is COC(c1ccc([N+](=O)[O-])cc1)C(CO)NC(=O)C(C)Cl.COCC(NC(=O)C(Cl)Cl)C(O)c1ccc([N+](=O)[O-])cc1. The Morgan fingerprint density at radius 1 is 0.857 bits per heavy atom. The number of methoxy groups -OCH3 is 2. The zero-order chi connectivity index (χ0) is 32.0. The van der Waals surface area contributed by atoms with Gasteiger partial charge in [0.15, 0.2) is 4.84 Å². The van der Waals surface area contributed by atoms with Crippen molar-refractivity contribution in [1.29, 1.82) is 0 Å². The number of nitrogens with one attached hydrogen (secondary N) is 2. The monoisotopic (exact) mass is 652 g/mol. The van der Waals surface area contributed by atoms with Crippen LogP contribution in [0, 0.1) is 20.2 Å². The molecular weight excluding hydrogens is 623 g/mol. The molecule has 0 aliphatic heterocycles. The third kappa shape index (κ3) is 11.6. The van der Waals surface area contributed by atoms with E-state index in [1.54, 1.807) is 0 Å². The molecule has 2 amide bonds. The molecule has 5 unspecified atom stereocenters. The maximum absolute atomic E-state index is 11.6. The van der Waals surface area contributed by atoms with Crippen molar-refractivity contribution >= 4 is 58.0 Å². The molecule has 2 aromatic rings. The van der Waals surface area contributed by atoms with Crippen molar-refractivity contribution in [1.82, 2.24) is 10.6 Å². The minimum Gasteiger partial charge on any atom is -0.394 e. The third-order valence-corrected chi connectivity index (χ3v) is 6.23. The Balaban J connectivity index is 0.000000420. The Labute approximate surface area is 256 Å². The second kappa shape index (κ2) is 18.4. The molecule has 42 heavy (non-hydrogen) atoms. The van der Waals surface area contributed by atoms with Gasteiger partial charge in [-0.1, -0.05) is 23.2 Å². The lowest BCUT2D eigenvalue weighted by Gasteiger charge is -2.26. The molecule has 0 bridgehead atoms. The molecule has 17 heteroatoms. The van der Waals surface area contributed by atoms with Crippen molar-refractivity contribution in [3.63, 3.8) is 0 Å². The number of hydrogen-bond donors (Lipinski definition) is 4. The van der Waals surface area contributed by atoms with E-state index in [2.05, 4.69) is 10.6 Å². The number of rotatable bonds is 14. The number of ether oxygens (including phenoxy) is 2. The van der Waals surface area contributed by atoms with Crippen LogP contribution >= 0.6 is 34.8 Å². The number of aliphatic hydroxyl groups is 2. The number of halogens is 3. The van der Waals surface area contributed by atoms with Gasteiger partial charge in [-0.25, -0.2) is 0 Å². The van der Waals surface area contributed by atoms with Gasteiger partial charge in [0.05, 0.1) is 35.1 Å². The first kappa shape index (κ1) is 36.9. The second-order valence-electron chi connectivity index (χ2n) is 8.58. The molecule has 0 spiro atoms. The van der Waals surface area contributed by atoms with Crippen LogP contribution in [0.4, 0.5) is 11.4 Å². The van der Waals surface area contributed by atoms with Crippen molar-refractivity contribution in [2.45, 2.75) is 41.4 Å². The number of carbonyl (C=O) groups excluding carboxylic acids is 2. The van der Waals surface area contributed by atoms with Crippen molar-refractivity contribution in [2.75, 3.05) is 27.4 Å². The minimum absolute atomic E-state index is 0.0182. The summed E-state index contributed by atoms with van der Waals surface area (Å²) >= 11 is 16.5. The number of aliphatic hydroxyl groups excluding tert-OH is 2. The van der Waals surface area contributed by atoms with Gasteiger partial charge in [-0.05, 0) is 42.3 Å². The Hall–Kier alpha value is -3.11. The molecule has 4 N–H and O–H groups in total. The van der Waals surface area contributed by atoms with Crippen molar-refractivity contribution in [3.05, 3.63) is 79.9 Å². The molecule has 0 radical (unpaired) electrons. The van der Waals surface area contributed by atoms with Gasteiger partial charge in [-0.3, -0.25) is 29.8 Å². The average Bonchev–Trinajstić information content (AvgIpc) is 2.96. The summed E-state index contributed by atoms with van der Waals surface area (Å²) in [6.07, 6.45) is -1.77. The summed E-state index contributed by atoms with van der Waals surface area (Å²) in [6.45, 7) is 1.17. The lowest BCUT2D eigenvalue weighted by molar-refractivity contribution is -0.385. The van der Waals surface area contributed by atoms with Gasteiger partial charge in [0.1, 0.15) is 17.6 Å². The smallest absolute Gasteiger partial charge is 0.269 e. The normalized spacial score (nSPS) is 14.4. The molecule has 0 heterocycles. The number of nitrogens with zero attached hydrogens (tertiary/aromatic N) is 2. The molecule has 14 nitrogen and oxygen atoms in total. The highest BCUT2D eigenvalue weighted by Gasteiger charge is 2.27. The van der Waals surface area contributed by atoms with E-state index in [4.69, 9.17) is 44.3 Å². The molecule has 0 aliphatic rings. The Morgan fingerprint density at radius 2 is 1.31 bits per heavy atom. The maximum Gasteiger partial charge on any atom is 0.269 e. The lowest BCUT2D eigenvalue weighted by atomic mass is 10.0. The molecule has 0 aliphatic carbocycles. The highest BCUT2D eigenvalue weighted by molar-refractivity contribution is 6.53. The number of benzene rings is 2. The molecular formula is C25H31Cl3N4O10. The zero-order valence-corrected chi connectivity index (χ0v) is 25.0. The number of carbonyl (C=O) groups is 2. The number of nitro groups is 2. The molecule has 0 aromatic heterocycles. The first-order chi connectivity index (χ1) is 19.8. The molecule has 232 valence electrons. The van der Waals surface area contributed by atoms with Crippen molar-refractivity contribution in [3.8, 4) is 0 Å². The summed E-state index contributed by atoms with van der Waals surface area (Å²) in [6, 6.07) is 9.54. The number of alkyl halides is 3. The van der Waals surface area contributed by atoms with Crippen molar-refractivity contribution < 1.29 is 39.1 Å². The van der Waals surface area contributed by atoms with Gasteiger partial charge in [0, 0.05) is 38.5 Å². The van der Waals surface area contributed by atoms with Crippen molar-refractivity contribution in [2.24, 2.45) is 0 Å². The molecule has 0 saturated carbocycles. The Kier molecular flexibility index (Phi) is 16.2. The van der Waals surface area contributed by atoms with E-state index in [9.17, 15) is 40.0 Å². The minimum atomic E-state index is -1.27. The van der Waals surface area contributed by atoms with E-state index >= 15 is 0 Å². The van der Waals surface area contributed by atoms with Gasteiger partial charge < -0.3 is 30.3 Å². The van der Waals surface area contributed by atoms with E-state index in [1.807, 2.05) is 0 Å². The maximum atomic E-state index is 11.6. The fourth-order valence-electron chi connectivity index (χ4n) is 3.50. The second-order valence-corrected chi connectivity index (χ2v) is 10.3. The number of non-ortho nitro benzene ring substituents is 2. The van der Waals surface area contributed by atoms with Crippen LogP contribution in [0.25, 0.3) is 0 Å². The Morgan fingerprint density at radius 3 is 1.67 bits per heavy atom. The molecule has 5 atom stereocenters. The van der Waals surface area contributed by atoms with Crippen LogP contribution in [-0.4, -0.2) is 81.6 Å². The van der Waals surface area contributed by atoms with E-state index < -0.39 is 56.2 Å². The van der Waals surface area contributed by atoms with Crippen LogP contribution < -0.4 is 10.6 Å². The predicted molar refractivity (Wildman–Crippen MR) is 155 cm³/mol. The fourth-order valence-corrected chi connectivity index (χ4v) is 3.68. The molecule has 0 saturated heterocycles. The first-order valence-electron chi connectivity index (χ1n) is 12.1. The average molecular weight is 654 g/mol. The molecule has 0 fully saturated rings. The lowest BCUT2D eigenvalue weighted by Crippen LogP contribution is -2.45. The van der Waals surface area contributed by atoms with E-state index in [0.717, 1.165) is 0 Å². The van der Waals surface area contributed by atoms with Gasteiger partial charge in [-0.15, -0.1) is 11.6 Å². The zero-order valence-electron chi connectivity index (χ0n) is 22.7. The van der Waals surface area contributed by atoms with Gasteiger partial charge in [0.2, 0.25) is 5.91 Å². The first-order valence-corrected chi connectivity index (χ1v) is 13.4. The summed E-state index contributed by atoms with van der Waals surface area (Å²) in [5.74, 6) is -1.10. The summed E-state index contributed by atoms with van der Waals surface area (Å²) in [5, 5.41) is 45.1. The highest BCUT2D eigenvalue weighted by atomic mass is 35.5. The quantitative estimate of drug-likeness (QED) is 0.133. The number of amides is 2. The van der Waals surface area contributed by atoms with E-state index in [0.29, 0.717) is 11.1 Å².